The Morgan fingerprint density at radius 1 is 1.00 bits per heavy atom. The molecule has 2 heteroatoms. The molecule has 0 bridgehead atoms. The maximum Gasteiger partial charge on any atom is 0.248 e. The monoisotopic (exact) mass is 230 g/mol. The van der Waals surface area contributed by atoms with E-state index in [2.05, 4.69) is 6.07 Å². The average Bonchev–Trinajstić information content (AvgIpc) is 2.19. The minimum Gasteiger partial charge on any atom is -0.200 e. The van der Waals surface area contributed by atoms with Gasteiger partial charge in [-0.15, -0.1) is 0 Å². The van der Waals surface area contributed by atoms with E-state index in [0.29, 0.717) is 5.69 Å². The Kier molecular flexibility index (Phi) is 2.97. The molecule has 0 aliphatic heterocycles. The predicted molar refractivity (Wildman–Crippen MR) is 67.2 cm³/mol. The van der Waals surface area contributed by atoms with E-state index in [1.54, 1.807) is 6.07 Å². The normalized spacial score (nSPS) is 10.6. The van der Waals surface area contributed by atoms with Crippen molar-refractivity contribution in [2.24, 2.45) is 7.05 Å². The zero-order valence-electron chi connectivity index (χ0n) is 10.7. The van der Waals surface area contributed by atoms with Gasteiger partial charge in [-0.2, -0.15) is 8.96 Å². The standard InChI is InChI=1S/C15H17FN/c1-10-5-6-13(12(3)7-10)15-14(16)8-11(2)9-17(15)4/h5-9H,1-4H3/q+1. The van der Waals surface area contributed by atoms with Crippen LogP contribution in [0.5, 0.6) is 0 Å². The molecule has 0 aliphatic carbocycles. The van der Waals surface area contributed by atoms with Crippen LogP contribution in [-0.2, 0) is 7.05 Å². The number of hydrogen-bond acceptors (Lipinski definition) is 0. The van der Waals surface area contributed by atoms with Crippen LogP contribution in [0.1, 0.15) is 16.7 Å². The molecule has 88 valence electrons. The van der Waals surface area contributed by atoms with Crippen molar-refractivity contribution in [1.82, 2.24) is 0 Å². The zero-order valence-corrected chi connectivity index (χ0v) is 10.7. The van der Waals surface area contributed by atoms with Crippen LogP contribution in [0.25, 0.3) is 11.3 Å². The summed E-state index contributed by atoms with van der Waals surface area (Å²) in [5.74, 6) is -0.167. The molecule has 0 aliphatic rings. The fourth-order valence-corrected chi connectivity index (χ4v) is 2.24. The maximum absolute atomic E-state index is 14.1. The number of rotatable bonds is 1. The van der Waals surface area contributed by atoms with Crippen LogP contribution in [0.2, 0.25) is 0 Å². The first kappa shape index (κ1) is 11.8. The van der Waals surface area contributed by atoms with Crippen LogP contribution in [-0.4, -0.2) is 0 Å². The topological polar surface area (TPSA) is 3.88 Å². The van der Waals surface area contributed by atoms with E-state index in [9.17, 15) is 4.39 Å². The van der Waals surface area contributed by atoms with Gasteiger partial charge >= 0.3 is 0 Å². The van der Waals surface area contributed by atoms with E-state index in [1.165, 1.54) is 5.56 Å². The number of benzene rings is 1. The SMILES string of the molecule is Cc1ccc(-c2c(F)cc(C)c[n+]2C)c(C)c1. The van der Waals surface area contributed by atoms with E-state index in [-0.39, 0.29) is 5.82 Å². The smallest absolute Gasteiger partial charge is 0.200 e. The molecule has 2 aromatic rings. The lowest BCUT2D eigenvalue weighted by Crippen LogP contribution is -2.32. The molecule has 1 aromatic carbocycles. The number of nitrogens with zero attached hydrogens (tertiary/aromatic N) is 1. The molecule has 0 saturated carbocycles. The molecular formula is C15H17FN+. The Balaban J connectivity index is 2.68. The van der Waals surface area contributed by atoms with Crippen LogP contribution >= 0.6 is 0 Å². The summed E-state index contributed by atoms with van der Waals surface area (Å²) in [6, 6.07) is 7.66. The largest absolute Gasteiger partial charge is 0.248 e. The van der Waals surface area contributed by atoms with Crippen LogP contribution in [0.4, 0.5) is 4.39 Å². The van der Waals surface area contributed by atoms with Crippen molar-refractivity contribution in [1.29, 1.82) is 0 Å². The van der Waals surface area contributed by atoms with Gasteiger partial charge in [0.25, 0.3) is 0 Å². The van der Waals surface area contributed by atoms with Crippen molar-refractivity contribution in [2.45, 2.75) is 20.8 Å². The van der Waals surface area contributed by atoms with Gasteiger partial charge in [-0.05, 0) is 38.5 Å². The molecule has 0 atom stereocenters. The summed E-state index contributed by atoms with van der Waals surface area (Å²) in [7, 11) is 1.88. The van der Waals surface area contributed by atoms with Crippen molar-refractivity contribution in [2.75, 3.05) is 0 Å². The molecule has 2 rings (SSSR count). The van der Waals surface area contributed by atoms with Crippen molar-refractivity contribution >= 4 is 0 Å². The summed E-state index contributed by atoms with van der Waals surface area (Å²) in [5, 5.41) is 0. The zero-order chi connectivity index (χ0) is 12.6. The lowest BCUT2D eigenvalue weighted by Gasteiger charge is -2.07. The molecule has 1 aromatic heterocycles. The third-order valence-electron chi connectivity index (χ3n) is 2.97. The van der Waals surface area contributed by atoms with Gasteiger partial charge in [0.2, 0.25) is 5.69 Å². The highest BCUT2D eigenvalue weighted by atomic mass is 19.1. The van der Waals surface area contributed by atoms with Crippen LogP contribution in [0, 0.1) is 26.6 Å². The van der Waals surface area contributed by atoms with E-state index in [4.69, 9.17) is 0 Å². The van der Waals surface area contributed by atoms with Crippen LogP contribution < -0.4 is 4.57 Å². The van der Waals surface area contributed by atoms with Gasteiger partial charge in [-0.3, -0.25) is 0 Å². The fourth-order valence-electron chi connectivity index (χ4n) is 2.24. The first-order valence-corrected chi connectivity index (χ1v) is 5.72. The van der Waals surface area contributed by atoms with Gasteiger partial charge in [0.15, 0.2) is 12.0 Å². The number of halogens is 1. The lowest BCUT2D eigenvalue weighted by atomic mass is 10.0. The molecule has 0 N–H and O–H groups in total. The van der Waals surface area contributed by atoms with E-state index in [1.807, 2.05) is 50.7 Å². The Hall–Kier alpha value is -1.70. The van der Waals surface area contributed by atoms with Gasteiger partial charge in [0.1, 0.15) is 7.05 Å². The molecule has 1 nitrogen and oxygen atoms in total. The van der Waals surface area contributed by atoms with Crippen molar-refractivity contribution in [3.8, 4) is 11.3 Å². The minimum atomic E-state index is -0.167. The highest BCUT2D eigenvalue weighted by Gasteiger charge is 2.18. The third-order valence-corrected chi connectivity index (χ3v) is 2.97. The molecule has 0 spiro atoms. The van der Waals surface area contributed by atoms with Crippen LogP contribution in [0.15, 0.2) is 30.5 Å². The van der Waals surface area contributed by atoms with Gasteiger partial charge in [-0.1, -0.05) is 17.7 Å². The Morgan fingerprint density at radius 2 is 1.71 bits per heavy atom. The minimum absolute atomic E-state index is 0.167. The molecule has 0 amide bonds. The summed E-state index contributed by atoms with van der Waals surface area (Å²) >= 11 is 0. The van der Waals surface area contributed by atoms with E-state index < -0.39 is 0 Å². The summed E-state index contributed by atoms with van der Waals surface area (Å²) in [6.07, 6.45) is 1.94. The van der Waals surface area contributed by atoms with E-state index in [0.717, 1.165) is 16.7 Å². The predicted octanol–water partition coefficient (Wildman–Crippen LogP) is 3.24. The second-order valence-electron chi connectivity index (χ2n) is 4.64. The average molecular weight is 230 g/mol. The number of pyridine rings is 1. The second-order valence-corrected chi connectivity index (χ2v) is 4.64. The molecule has 1 heterocycles. The van der Waals surface area contributed by atoms with Crippen molar-refractivity contribution in [3.63, 3.8) is 0 Å². The van der Waals surface area contributed by atoms with E-state index >= 15 is 0 Å². The quantitative estimate of drug-likeness (QED) is 0.662. The van der Waals surface area contributed by atoms with Crippen molar-refractivity contribution in [3.05, 3.63) is 53.0 Å². The molecule has 0 saturated heterocycles. The Bertz CT molecular complexity index is 550. The maximum atomic E-state index is 14.1. The number of aryl methyl sites for hydroxylation is 4. The lowest BCUT2D eigenvalue weighted by molar-refractivity contribution is -0.662. The molecular weight excluding hydrogens is 213 g/mol. The van der Waals surface area contributed by atoms with Crippen molar-refractivity contribution < 1.29 is 8.96 Å². The van der Waals surface area contributed by atoms with Gasteiger partial charge in [0, 0.05) is 5.56 Å². The molecule has 0 radical (unpaired) electrons. The third kappa shape index (κ3) is 2.21. The first-order valence-electron chi connectivity index (χ1n) is 5.72. The summed E-state index contributed by atoms with van der Waals surface area (Å²) in [5.41, 5.74) is 4.83. The fraction of sp³-hybridized carbons (Fsp3) is 0.267. The molecule has 17 heavy (non-hydrogen) atoms. The van der Waals surface area contributed by atoms with Crippen LogP contribution in [0.3, 0.4) is 0 Å². The number of hydrogen-bond donors (Lipinski definition) is 0. The van der Waals surface area contributed by atoms with Gasteiger partial charge in [-0.25, -0.2) is 0 Å². The van der Waals surface area contributed by atoms with Gasteiger partial charge in [0.05, 0.1) is 5.56 Å². The summed E-state index contributed by atoms with van der Waals surface area (Å²) in [4.78, 5) is 0. The molecule has 0 unspecified atom stereocenters. The highest BCUT2D eigenvalue weighted by Crippen LogP contribution is 2.23. The van der Waals surface area contributed by atoms with Gasteiger partial charge < -0.3 is 0 Å². The first-order chi connectivity index (χ1) is 7.99. The second kappa shape index (κ2) is 4.28. The Labute approximate surface area is 102 Å². The highest BCUT2D eigenvalue weighted by molar-refractivity contribution is 5.62. The summed E-state index contributed by atoms with van der Waals surface area (Å²) in [6.45, 7) is 5.96. The molecule has 0 fully saturated rings. The number of aromatic nitrogens is 1. The summed E-state index contributed by atoms with van der Waals surface area (Å²) < 4.78 is 15.9. The Morgan fingerprint density at radius 3 is 2.29 bits per heavy atom.